The van der Waals surface area contributed by atoms with Crippen LogP contribution in [0.5, 0.6) is 0 Å². The molecular weight excluding hydrogens is 253 g/mol. The maximum atomic E-state index is 12.9. The lowest BCUT2D eigenvalue weighted by Gasteiger charge is -2.36. The number of nitrogens with two attached hydrogens (primary N) is 1. The third kappa shape index (κ3) is 4.54. The van der Waals surface area contributed by atoms with Crippen LogP contribution in [0.15, 0.2) is 24.3 Å². The molecule has 20 heavy (non-hydrogen) atoms. The highest BCUT2D eigenvalue weighted by Gasteiger charge is 2.19. The van der Waals surface area contributed by atoms with Crippen molar-refractivity contribution in [1.29, 1.82) is 0 Å². The van der Waals surface area contributed by atoms with Crippen LogP contribution in [0.4, 0.5) is 4.39 Å². The van der Waals surface area contributed by atoms with Crippen molar-refractivity contribution in [2.45, 2.75) is 19.9 Å². The maximum Gasteiger partial charge on any atom is 0.123 e. The number of halogens is 1. The van der Waals surface area contributed by atoms with E-state index in [1.54, 1.807) is 12.1 Å². The number of nitrogens with zero attached hydrogens (tertiary/aromatic N) is 2. The van der Waals surface area contributed by atoms with Crippen molar-refractivity contribution in [2.75, 3.05) is 39.3 Å². The zero-order valence-electron chi connectivity index (χ0n) is 12.6. The largest absolute Gasteiger partial charge is 0.323 e. The smallest absolute Gasteiger partial charge is 0.123 e. The Morgan fingerprint density at radius 1 is 1.00 bits per heavy atom. The van der Waals surface area contributed by atoms with Crippen molar-refractivity contribution in [2.24, 2.45) is 11.7 Å². The van der Waals surface area contributed by atoms with Gasteiger partial charge in [-0.2, -0.15) is 0 Å². The van der Waals surface area contributed by atoms with Gasteiger partial charge in [-0.15, -0.1) is 0 Å². The highest BCUT2D eigenvalue weighted by molar-refractivity contribution is 5.19. The molecular formula is C16H26FN3. The molecule has 1 saturated heterocycles. The number of rotatable bonds is 5. The quantitative estimate of drug-likeness (QED) is 0.896. The van der Waals surface area contributed by atoms with Gasteiger partial charge in [-0.25, -0.2) is 4.39 Å². The van der Waals surface area contributed by atoms with Crippen LogP contribution in [0.1, 0.15) is 25.5 Å². The van der Waals surface area contributed by atoms with Crippen molar-refractivity contribution in [3.63, 3.8) is 0 Å². The zero-order valence-corrected chi connectivity index (χ0v) is 12.6. The van der Waals surface area contributed by atoms with Gasteiger partial charge < -0.3 is 10.6 Å². The first-order valence-corrected chi connectivity index (χ1v) is 7.50. The molecule has 0 amide bonds. The average molecular weight is 279 g/mol. The lowest BCUT2D eigenvalue weighted by molar-refractivity contribution is 0.117. The van der Waals surface area contributed by atoms with Crippen LogP contribution in [0.2, 0.25) is 0 Å². The van der Waals surface area contributed by atoms with E-state index in [9.17, 15) is 4.39 Å². The molecule has 1 unspecified atom stereocenters. The number of piperazine rings is 1. The summed E-state index contributed by atoms with van der Waals surface area (Å²) in [6.07, 6.45) is 0. The van der Waals surface area contributed by atoms with Crippen molar-refractivity contribution >= 4 is 0 Å². The summed E-state index contributed by atoms with van der Waals surface area (Å²) in [7, 11) is 0. The van der Waals surface area contributed by atoms with Crippen LogP contribution in [-0.4, -0.2) is 49.1 Å². The molecule has 2 N–H and O–H groups in total. The molecule has 0 aromatic heterocycles. The Morgan fingerprint density at radius 3 is 2.00 bits per heavy atom. The van der Waals surface area contributed by atoms with E-state index < -0.39 is 0 Å². The SMILES string of the molecule is CC(C)CN1CCN(CC(N)c2ccc(F)cc2)CC1. The minimum Gasteiger partial charge on any atom is -0.323 e. The van der Waals surface area contributed by atoms with E-state index in [0.29, 0.717) is 0 Å². The Morgan fingerprint density at radius 2 is 1.50 bits per heavy atom. The van der Waals surface area contributed by atoms with Crippen molar-refractivity contribution in [1.82, 2.24) is 9.80 Å². The van der Waals surface area contributed by atoms with Crippen molar-refractivity contribution < 1.29 is 4.39 Å². The molecule has 112 valence electrons. The minimum absolute atomic E-state index is 0.0350. The van der Waals surface area contributed by atoms with Crippen molar-refractivity contribution in [3.05, 3.63) is 35.6 Å². The number of hydrogen-bond donors (Lipinski definition) is 1. The fraction of sp³-hybridized carbons (Fsp3) is 0.625. The molecule has 1 fully saturated rings. The third-order valence-electron chi connectivity index (χ3n) is 3.84. The minimum atomic E-state index is -0.205. The highest BCUT2D eigenvalue weighted by Crippen LogP contribution is 2.14. The van der Waals surface area contributed by atoms with Gasteiger partial charge in [0.25, 0.3) is 0 Å². The number of hydrogen-bond acceptors (Lipinski definition) is 3. The lowest BCUT2D eigenvalue weighted by Crippen LogP contribution is -2.49. The molecule has 2 rings (SSSR count). The van der Waals surface area contributed by atoms with Gasteiger partial charge in [0.1, 0.15) is 5.82 Å². The summed E-state index contributed by atoms with van der Waals surface area (Å²) in [6, 6.07) is 6.50. The highest BCUT2D eigenvalue weighted by atomic mass is 19.1. The predicted molar refractivity (Wildman–Crippen MR) is 81.0 cm³/mol. The average Bonchev–Trinajstić information content (AvgIpc) is 2.41. The maximum absolute atomic E-state index is 12.9. The summed E-state index contributed by atoms with van der Waals surface area (Å²) < 4.78 is 12.9. The normalized spacial score (nSPS) is 19.4. The zero-order chi connectivity index (χ0) is 14.5. The van der Waals surface area contributed by atoms with E-state index in [-0.39, 0.29) is 11.9 Å². The third-order valence-corrected chi connectivity index (χ3v) is 3.84. The summed E-state index contributed by atoms with van der Waals surface area (Å²) in [5.41, 5.74) is 7.22. The van der Waals surface area contributed by atoms with Gasteiger partial charge in [0.2, 0.25) is 0 Å². The monoisotopic (exact) mass is 279 g/mol. The predicted octanol–water partition coefficient (Wildman–Crippen LogP) is 2.10. The topological polar surface area (TPSA) is 32.5 Å². The van der Waals surface area contributed by atoms with Crippen LogP contribution in [-0.2, 0) is 0 Å². The van der Waals surface area contributed by atoms with E-state index in [0.717, 1.165) is 44.2 Å². The summed E-state index contributed by atoms with van der Waals surface area (Å²) in [5, 5.41) is 0. The first-order valence-electron chi connectivity index (χ1n) is 7.50. The molecule has 0 radical (unpaired) electrons. The summed E-state index contributed by atoms with van der Waals surface area (Å²) in [5.74, 6) is 0.520. The van der Waals surface area contributed by atoms with Gasteiger partial charge in [-0.05, 0) is 23.6 Å². The molecule has 1 aliphatic rings. The molecule has 3 nitrogen and oxygen atoms in total. The van der Waals surface area contributed by atoms with Gasteiger partial charge in [0.05, 0.1) is 0 Å². The second-order valence-corrected chi connectivity index (χ2v) is 6.15. The molecule has 0 saturated carbocycles. The summed E-state index contributed by atoms with van der Waals surface area (Å²) >= 11 is 0. The Labute approximate surface area is 121 Å². The van der Waals surface area contributed by atoms with Crippen LogP contribution in [0.25, 0.3) is 0 Å². The molecule has 1 atom stereocenters. The molecule has 1 aliphatic heterocycles. The second kappa shape index (κ2) is 7.16. The first-order chi connectivity index (χ1) is 9.54. The van der Waals surface area contributed by atoms with E-state index in [4.69, 9.17) is 5.73 Å². The Kier molecular flexibility index (Phi) is 5.52. The van der Waals surface area contributed by atoms with Gasteiger partial charge in [0, 0.05) is 45.3 Å². The van der Waals surface area contributed by atoms with E-state index >= 15 is 0 Å². The second-order valence-electron chi connectivity index (χ2n) is 6.15. The van der Waals surface area contributed by atoms with E-state index in [1.165, 1.54) is 18.7 Å². The molecule has 1 aromatic rings. The molecule has 1 aromatic carbocycles. The Bertz CT molecular complexity index is 397. The van der Waals surface area contributed by atoms with Gasteiger partial charge in [0.15, 0.2) is 0 Å². The molecule has 1 heterocycles. The Hall–Kier alpha value is -0.970. The molecule has 4 heteroatoms. The van der Waals surface area contributed by atoms with Crippen molar-refractivity contribution in [3.8, 4) is 0 Å². The van der Waals surface area contributed by atoms with E-state index in [1.807, 2.05) is 0 Å². The van der Waals surface area contributed by atoms with Crippen LogP contribution >= 0.6 is 0 Å². The number of benzene rings is 1. The Balaban J connectivity index is 1.79. The molecule has 0 bridgehead atoms. The van der Waals surface area contributed by atoms with Gasteiger partial charge >= 0.3 is 0 Å². The van der Waals surface area contributed by atoms with Crippen LogP contribution in [0.3, 0.4) is 0 Å². The fourth-order valence-corrected chi connectivity index (χ4v) is 2.76. The summed E-state index contributed by atoms with van der Waals surface area (Å²) in [4.78, 5) is 4.93. The lowest BCUT2D eigenvalue weighted by atomic mass is 10.1. The van der Waals surface area contributed by atoms with Crippen LogP contribution < -0.4 is 5.73 Å². The van der Waals surface area contributed by atoms with E-state index in [2.05, 4.69) is 23.6 Å². The summed E-state index contributed by atoms with van der Waals surface area (Å²) in [6.45, 7) is 10.9. The molecule has 0 aliphatic carbocycles. The standard InChI is InChI=1S/C16H26FN3/c1-13(2)11-19-7-9-20(10-8-19)12-16(18)14-3-5-15(17)6-4-14/h3-6,13,16H,7-12,18H2,1-2H3. The van der Waals surface area contributed by atoms with Gasteiger partial charge in [-0.3, -0.25) is 4.90 Å². The first kappa shape index (κ1) is 15.4. The van der Waals surface area contributed by atoms with Crippen LogP contribution in [0, 0.1) is 11.7 Å². The molecule has 0 spiro atoms. The fourth-order valence-electron chi connectivity index (χ4n) is 2.76. The van der Waals surface area contributed by atoms with Gasteiger partial charge in [-0.1, -0.05) is 26.0 Å².